The third-order valence-electron chi connectivity index (χ3n) is 4.26. The molecule has 1 amide bonds. The Kier molecular flexibility index (Phi) is 5.17. The normalized spacial score (nSPS) is 19.3. The summed E-state index contributed by atoms with van der Waals surface area (Å²) in [5, 5.41) is 3.09. The average Bonchev–Trinajstić information content (AvgIpc) is 2.37. The first kappa shape index (κ1) is 15.4. The van der Waals surface area contributed by atoms with Crippen LogP contribution >= 0.6 is 0 Å². The third-order valence-corrected chi connectivity index (χ3v) is 4.26. The molecule has 0 aromatic carbocycles. The van der Waals surface area contributed by atoms with Gasteiger partial charge in [-0.2, -0.15) is 0 Å². The summed E-state index contributed by atoms with van der Waals surface area (Å²) < 4.78 is 0. The summed E-state index contributed by atoms with van der Waals surface area (Å²) in [5.74, 6) is 0.188. The molecule has 1 N–H and O–H groups in total. The lowest BCUT2D eigenvalue weighted by Crippen LogP contribution is -2.56. The molecule has 1 fully saturated rings. The molecule has 0 radical (unpaired) electrons. The molecule has 106 valence electrons. The molecule has 0 aromatic rings. The monoisotopic (exact) mass is 255 g/mol. The molecule has 4 nitrogen and oxygen atoms in total. The van der Waals surface area contributed by atoms with Crippen molar-refractivity contribution < 1.29 is 4.79 Å². The maximum Gasteiger partial charge on any atom is 0.242 e. The summed E-state index contributed by atoms with van der Waals surface area (Å²) in [7, 11) is 3.78. The van der Waals surface area contributed by atoms with Crippen LogP contribution in [0.3, 0.4) is 0 Å². The maximum atomic E-state index is 12.4. The van der Waals surface area contributed by atoms with E-state index in [0.29, 0.717) is 12.1 Å². The van der Waals surface area contributed by atoms with Crippen molar-refractivity contribution in [3.8, 4) is 0 Å². The van der Waals surface area contributed by atoms with E-state index in [4.69, 9.17) is 0 Å². The Morgan fingerprint density at radius 3 is 2.22 bits per heavy atom. The largest absolute Gasteiger partial charge is 0.341 e. The molecule has 18 heavy (non-hydrogen) atoms. The quantitative estimate of drug-likeness (QED) is 0.823. The van der Waals surface area contributed by atoms with E-state index < -0.39 is 5.54 Å². The van der Waals surface area contributed by atoms with Gasteiger partial charge in [0, 0.05) is 32.2 Å². The van der Waals surface area contributed by atoms with Crippen LogP contribution < -0.4 is 5.32 Å². The minimum Gasteiger partial charge on any atom is -0.341 e. The number of rotatable bonds is 4. The SMILES string of the molecule is CNC(C)(C)C(=O)N(C)C1CCN(C(C)C)CC1. The lowest BCUT2D eigenvalue weighted by molar-refractivity contribution is -0.138. The van der Waals surface area contributed by atoms with Gasteiger partial charge < -0.3 is 15.1 Å². The van der Waals surface area contributed by atoms with Gasteiger partial charge in [-0.3, -0.25) is 4.79 Å². The number of piperidine rings is 1. The Bertz CT molecular complexity index is 281. The smallest absolute Gasteiger partial charge is 0.242 e. The van der Waals surface area contributed by atoms with E-state index in [9.17, 15) is 4.79 Å². The van der Waals surface area contributed by atoms with E-state index in [1.807, 2.05) is 32.8 Å². The van der Waals surface area contributed by atoms with Gasteiger partial charge in [-0.15, -0.1) is 0 Å². The van der Waals surface area contributed by atoms with Gasteiger partial charge in [0.05, 0.1) is 5.54 Å². The molecule has 1 saturated heterocycles. The molecule has 1 aliphatic heterocycles. The fourth-order valence-electron chi connectivity index (χ4n) is 2.50. The van der Waals surface area contributed by atoms with Gasteiger partial charge in [-0.25, -0.2) is 0 Å². The van der Waals surface area contributed by atoms with Crippen LogP contribution in [-0.4, -0.2) is 60.5 Å². The van der Waals surface area contributed by atoms with E-state index >= 15 is 0 Å². The number of nitrogens with one attached hydrogen (secondary N) is 1. The fraction of sp³-hybridized carbons (Fsp3) is 0.929. The summed E-state index contributed by atoms with van der Waals surface area (Å²) in [5.41, 5.74) is -0.468. The van der Waals surface area contributed by atoms with Gasteiger partial charge in [-0.1, -0.05) is 0 Å². The molecular weight excluding hydrogens is 226 g/mol. The molecule has 0 aliphatic carbocycles. The van der Waals surface area contributed by atoms with Gasteiger partial charge in [0.25, 0.3) is 0 Å². The molecule has 0 saturated carbocycles. The highest BCUT2D eigenvalue weighted by atomic mass is 16.2. The predicted octanol–water partition coefficient (Wildman–Crippen LogP) is 1.32. The van der Waals surface area contributed by atoms with Crippen LogP contribution in [0.2, 0.25) is 0 Å². The number of amides is 1. The zero-order chi connectivity index (χ0) is 13.9. The van der Waals surface area contributed by atoms with Crippen LogP contribution in [0.4, 0.5) is 0 Å². The first-order valence-corrected chi connectivity index (χ1v) is 6.99. The van der Waals surface area contributed by atoms with Crippen molar-refractivity contribution in [1.29, 1.82) is 0 Å². The van der Waals surface area contributed by atoms with E-state index in [2.05, 4.69) is 24.1 Å². The molecular formula is C14H29N3O. The molecule has 0 atom stereocenters. The van der Waals surface area contributed by atoms with Gasteiger partial charge in [0.15, 0.2) is 0 Å². The molecule has 1 heterocycles. The second-order valence-corrected chi connectivity index (χ2v) is 6.15. The fourth-order valence-corrected chi connectivity index (χ4v) is 2.50. The molecule has 1 rings (SSSR count). The van der Waals surface area contributed by atoms with E-state index in [1.165, 1.54) is 0 Å². The first-order chi connectivity index (χ1) is 8.29. The Balaban J connectivity index is 2.55. The van der Waals surface area contributed by atoms with Gasteiger partial charge in [0.1, 0.15) is 0 Å². The molecule has 0 aromatic heterocycles. The maximum absolute atomic E-state index is 12.4. The zero-order valence-electron chi connectivity index (χ0n) is 12.8. The highest BCUT2D eigenvalue weighted by molar-refractivity contribution is 5.85. The van der Waals surface area contributed by atoms with E-state index in [1.54, 1.807) is 0 Å². The average molecular weight is 255 g/mol. The number of carbonyl (C=O) groups is 1. The third kappa shape index (κ3) is 3.45. The second kappa shape index (κ2) is 6.02. The molecule has 0 bridgehead atoms. The second-order valence-electron chi connectivity index (χ2n) is 6.15. The van der Waals surface area contributed by atoms with Gasteiger partial charge in [0.2, 0.25) is 5.91 Å². The summed E-state index contributed by atoms with van der Waals surface area (Å²) >= 11 is 0. The van der Waals surface area contributed by atoms with E-state index in [0.717, 1.165) is 25.9 Å². The number of likely N-dealkylation sites (N-methyl/N-ethyl adjacent to an activating group) is 2. The topological polar surface area (TPSA) is 35.6 Å². The zero-order valence-corrected chi connectivity index (χ0v) is 12.8. The van der Waals surface area contributed by atoms with Crippen LogP contribution in [-0.2, 0) is 4.79 Å². The van der Waals surface area contributed by atoms with Crippen LogP contribution in [0.25, 0.3) is 0 Å². The van der Waals surface area contributed by atoms with Crippen molar-refractivity contribution in [1.82, 2.24) is 15.1 Å². The predicted molar refractivity (Wildman–Crippen MR) is 75.6 cm³/mol. The first-order valence-electron chi connectivity index (χ1n) is 6.99. The minimum absolute atomic E-state index is 0.188. The van der Waals surface area contributed by atoms with Crippen LogP contribution in [0.1, 0.15) is 40.5 Å². The summed E-state index contributed by atoms with van der Waals surface area (Å²) in [6.07, 6.45) is 2.17. The molecule has 1 aliphatic rings. The number of hydrogen-bond donors (Lipinski definition) is 1. The lowest BCUT2D eigenvalue weighted by Gasteiger charge is -2.40. The minimum atomic E-state index is -0.468. The highest BCUT2D eigenvalue weighted by Crippen LogP contribution is 2.19. The highest BCUT2D eigenvalue weighted by Gasteiger charge is 2.33. The van der Waals surface area contributed by atoms with Crippen molar-refractivity contribution >= 4 is 5.91 Å². The van der Waals surface area contributed by atoms with Crippen molar-refractivity contribution in [2.75, 3.05) is 27.2 Å². The number of hydrogen-bond acceptors (Lipinski definition) is 3. The standard InChI is InChI=1S/C14H29N3O/c1-11(2)17-9-7-12(8-10-17)16(6)13(18)14(3,4)15-5/h11-12,15H,7-10H2,1-6H3. The van der Waals surface area contributed by atoms with Crippen LogP contribution in [0, 0.1) is 0 Å². The Morgan fingerprint density at radius 2 is 1.83 bits per heavy atom. The Labute approximate surface area is 112 Å². The summed E-state index contributed by atoms with van der Waals surface area (Å²) in [6.45, 7) is 10.5. The van der Waals surface area contributed by atoms with Crippen molar-refractivity contribution in [3.05, 3.63) is 0 Å². The Morgan fingerprint density at radius 1 is 1.33 bits per heavy atom. The summed E-state index contributed by atoms with van der Waals surface area (Å²) in [4.78, 5) is 16.8. The van der Waals surface area contributed by atoms with Crippen molar-refractivity contribution in [2.45, 2.75) is 58.2 Å². The lowest BCUT2D eigenvalue weighted by atomic mass is 9.98. The molecule has 0 unspecified atom stereocenters. The van der Waals surface area contributed by atoms with Gasteiger partial charge >= 0.3 is 0 Å². The number of nitrogens with zero attached hydrogens (tertiary/aromatic N) is 2. The summed E-state index contributed by atoms with van der Waals surface area (Å²) in [6, 6.07) is 1.00. The Hall–Kier alpha value is -0.610. The van der Waals surface area contributed by atoms with Crippen molar-refractivity contribution in [3.63, 3.8) is 0 Å². The van der Waals surface area contributed by atoms with Crippen LogP contribution in [0.15, 0.2) is 0 Å². The number of carbonyl (C=O) groups excluding carboxylic acids is 1. The molecule has 0 spiro atoms. The van der Waals surface area contributed by atoms with E-state index in [-0.39, 0.29) is 5.91 Å². The van der Waals surface area contributed by atoms with Crippen molar-refractivity contribution in [2.24, 2.45) is 0 Å². The van der Waals surface area contributed by atoms with Gasteiger partial charge in [-0.05, 0) is 47.6 Å². The molecule has 4 heteroatoms. The van der Waals surface area contributed by atoms with Crippen LogP contribution in [0.5, 0.6) is 0 Å². The number of likely N-dealkylation sites (tertiary alicyclic amines) is 1.